The van der Waals surface area contributed by atoms with E-state index in [0.717, 1.165) is 24.2 Å². The highest BCUT2D eigenvalue weighted by molar-refractivity contribution is 5.99. The van der Waals surface area contributed by atoms with Gasteiger partial charge in [0.2, 0.25) is 5.91 Å². The zero-order valence-electron chi connectivity index (χ0n) is 10.6. The molecule has 1 aromatic carbocycles. The molecule has 0 atom stereocenters. The number of fused-ring (bicyclic) bond motifs is 1. The lowest BCUT2D eigenvalue weighted by Crippen LogP contribution is -2.27. The number of hydrogen-bond acceptors (Lipinski definition) is 3. The molecule has 1 amide bonds. The number of nitrogens with two attached hydrogens (primary N) is 1. The topological polar surface area (TPSA) is 63.4 Å². The fourth-order valence-electron chi connectivity index (χ4n) is 2.30. The number of amides is 1. The maximum atomic E-state index is 11.8. The minimum atomic E-state index is 0.0700. The van der Waals surface area contributed by atoms with Crippen molar-refractivity contribution in [1.82, 2.24) is 0 Å². The van der Waals surface area contributed by atoms with Crippen molar-refractivity contribution in [3.8, 4) is 0 Å². The molecule has 0 radical (unpaired) electrons. The highest BCUT2D eigenvalue weighted by Crippen LogP contribution is 2.29. The number of ketones is 1. The number of carbonyl (C=O) groups is 2. The highest BCUT2D eigenvalue weighted by atomic mass is 16.2. The van der Waals surface area contributed by atoms with E-state index >= 15 is 0 Å². The molecule has 2 rings (SSSR count). The molecule has 0 saturated carbocycles. The van der Waals surface area contributed by atoms with Crippen molar-refractivity contribution in [2.75, 3.05) is 18.0 Å². The molecule has 0 bridgehead atoms. The van der Waals surface area contributed by atoms with E-state index < -0.39 is 0 Å². The van der Waals surface area contributed by atoms with Crippen LogP contribution >= 0.6 is 0 Å². The zero-order chi connectivity index (χ0) is 13.1. The van der Waals surface area contributed by atoms with Crippen molar-refractivity contribution in [3.63, 3.8) is 0 Å². The average Bonchev–Trinajstić information content (AvgIpc) is 2.81. The molecular weight excluding hydrogens is 228 g/mol. The third-order valence-electron chi connectivity index (χ3n) is 3.27. The molecule has 1 aliphatic heterocycles. The van der Waals surface area contributed by atoms with E-state index in [0.29, 0.717) is 24.9 Å². The largest absolute Gasteiger partial charge is 0.330 e. The van der Waals surface area contributed by atoms with Crippen LogP contribution in [0.5, 0.6) is 0 Å². The summed E-state index contributed by atoms with van der Waals surface area (Å²) in [7, 11) is 0. The Labute approximate surface area is 107 Å². The Bertz CT molecular complexity index is 483. The lowest BCUT2D eigenvalue weighted by Gasteiger charge is -2.16. The molecule has 0 unspecified atom stereocenters. The maximum Gasteiger partial charge on any atom is 0.226 e. The van der Waals surface area contributed by atoms with Crippen LogP contribution in [0.15, 0.2) is 18.2 Å². The monoisotopic (exact) mass is 246 g/mol. The van der Waals surface area contributed by atoms with Crippen LogP contribution in [0.4, 0.5) is 5.69 Å². The van der Waals surface area contributed by atoms with Crippen LogP contribution < -0.4 is 10.6 Å². The van der Waals surface area contributed by atoms with E-state index in [-0.39, 0.29) is 11.7 Å². The van der Waals surface area contributed by atoms with Gasteiger partial charge in [0.25, 0.3) is 0 Å². The summed E-state index contributed by atoms with van der Waals surface area (Å²) in [6.45, 7) is 2.95. The number of nitrogens with zero attached hydrogens (tertiary/aromatic N) is 1. The van der Waals surface area contributed by atoms with Crippen molar-refractivity contribution < 1.29 is 9.59 Å². The molecule has 1 aliphatic rings. The normalized spacial score (nSPS) is 13.6. The number of hydrogen-bond donors (Lipinski definition) is 1. The van der Waals surface area contributed by atoms with Crippen LogP contribution in [0.2, 0.25) is 0 Å². The van der Waals surface area contributed by atoms with Gasteiger partial charge < -0.3 is 10.6 Å². The molecule has 96 valence electrons. The lowest BCUT2D eigenvalue weighted by molar-refractivity contribution is -0.118. The van der Waals surface area contributed by atoms with Crippen molar-refractivity contribution in [1.29, 1.82) is 0 Å². The van der Waals surface area contributed by atoms with E-state index in [2.05, 4.69) is 0 Å². The molecule has 1 aromatic rings. The average molecular weight is 246 g/mol. The molecule has 1 heterocycles. The van der Waals surface area contributed by atoms with Crippen LogP contribution in [0.3, 0.4) is 0 Å². The van der Waals surface area contributed by atoms with Gasteiger partial charge in [0, 0.05) is 30.6 Å². The van der Waals surface area contributed by atoms with Gasteiger partial charge in [0.1, 0.15) is 0 Å². The van der Waals surface area contributed by atoms with Crippen molar-refractivity contribution in [2.24, 2.45) is 5.73 Å². The van der Waals surface area contributed by atoms with E-state index in [1.165, 1.54) is 0 Å². The summed E-state index contributed by atoms with van der Waals surface area (Å²) < 4.78 is 0. The first kappa shape index (κ1) is 12.8. The first-order chi connectivity index (χ1) is 8.67. The van der Waals surface area contributed by atoms with Gasteiger partial charge in [0.05, 0.1) is 0 Å². The second-order valence-corrected chi connectivity index (χ2v) is 4.45. The molecule has 0 aliphatic carbocycles. The predicted molar refractivity (Wildman–Crippen MR) is 70.8 cm³/mol. The first-order valence-electron chi connectivity index (χ1n) is 6.34. The van der Waals surface area contributed by atoms with Crippen LogP contribution in [0.25, 0.3) is 0 Å². The van der Waals surface area contributed by atoms with Gasteiger partial charge in [-0.15, -0.1) is 0 Å². The van der Waals surface area contributed by atoms with Gasteiger partial charge in [-0.05, 0) is 36.7 Å². The summed E-state index contributed by atoms with van der Waals surface area (Å²) in [4.78, 5) is 25.3. The predicted octanol–water partition coefficient (Wildman–Crippen LogP) is 1.52. The van der Waals surface area contributed by atoms with Crippen LogP contribution in [0, 0.1) is 0 Å². The third kappa shape index (κ3) is 2.29. The fraction of sp³-hybridized carbons (Fsp3) is 0.429. The first-order valence-corrected chi connectivity index (χ1v) is 6.34. The van der Waals surface area contributed by atoms with Gasteiger partial charge in [0.15, 0.2) is 5.78 Å². The van der Waals surface area contributed by atoms with Gasteiger partial charge in [-0.1, -0.05) is 6.92 Å². The van der Waals surface area contributed by atoms with E-state index in [1.54, 1.807) is 11.0 Å². The molecule has 4 heteroatoms. The smallest absolute Gasteiger partial charge is 0.226 e. The third-order valence-corrected chi connectivity index (χ3v) is 3.27. The quantitative estimate of drug-likeness (QED) is 0.819. The Balaban J connectivity index is 2.25. The van der Waals surface area contributed by atoms with Crippen LogP contribution in [-0.4, -0.2) is 24.8 Å². The van der Waals surface area contributed by atoms with Gasteiger partial charge in [-0.3, -0.25) is 9.59 Å². The number of carbonyl (C=O) groups excluding carboxylic acids is 2. The van der Waals surface area contributed by atoms with Gasteiger partial charge in [-0.2, -0.15) is 0 Å². The minimum Gasteiger partial charge on any atom is -0.330 e. The zero-order valence-corrected chi connectivity index (χ0v) is 10.6. The molecule has 0 saturated heterocycles. The Kier molecular flexibility index (Phi) is 3.77. The second kappa shape index (κ2) is 5.31. The Morgan fingerprint density at radius 1 is 1.39 bits per heavy atom. The number of rotatable bonds is 4. The molecule has 0 fully saturated rings. The van der Waals surface area contributed by atoms with Crippen LogP contribution in [0.1, 0.15) is 35.7 Å². The standard InChI is InChI=1S/C14H18N2O2/c1-2-14(18)16-8-6-10-9-11(3-4-12(10)16)13(17)5-7-15/h3-4,9H,2,5-8,15H2,1H3. The Hall–Kier alpha value is -1.68. The van der Waals surface area contributed by atoms with Crippen molar-refractivity contribution in [2.45, 2.75) is 26.2 Å². The number of benzene rings is 1. The summed E-state index contributed by atoms with van der Waals surface area (Å²) >= 11 is 0. The summed E-state index contributed by atoms with van der Waals surface area (Å²) in [5, 5.41) is 0. The van der Waals surface area contributed by atoms with Crippen molar-refractivity contribution in [3.05, 3.63) is 29.3 Å². The summed E-state index contributed by atoms with van der Waals surface area (Å²) in [5.74, 6) is 0.204. The lowest BCUT2D eigenvalue weighted by atomic mass is 10.0. The highest BCUT2D eigenvalue weighted by Gasteiger charge is 2.24. The van der Waals surface area contributed by atoms with Gasteiger partial charge >= 0.3 is 0 Å². The molecule has 2 N–H and O–H groups in total. The summed E-state index contributed by atoms with van der Waals surface area (Å²) in [6.07, 6.45) is 1.70. The van der Waals surface area contributed by atoms with Crippen molar-refractivity contribution >= 4 is 17.4 Å². The van der Waals surface area contributed by atoms with E-state index in [4.69, 9.17) is 5.73 Å². The molecule has 4 nitrogen and oxygen atoms in total. The minimum absolute atomic E-state index is 0.0700. The Morgan fingerprint density at radius 3 is 2.83 bits per heavy atom. The summed E-state index contributed by atoms with van der Waals surface area (Å²) in [5.41, 5.74) is 8.12. The molecule has 18 heavy (non-hydrogen) atoms. The SMILES string of the molecule is CCC(=O)N1CCc2cc(C(=O)CCN)ccc21. The number of Topliss-reactive ketones (excluding diaryl/α,β-unsaturated/α-hetero) is 1. The number of anilines is 1. The Morgan fingerprint density at radius 2 is 2.17 bits per heavy atom. The van der Waals surface area contributed by atoms with E-state index in [9.17, 15) is 9.59 Å². The van der Waals surface area contributed by atoms with Gasteiger partial charge in [-0.25, -0.2) is 0 Å². The molecular formula is C14H18N2O2. The molecule has 0 aromatic heterocycles. The maximum absolute atomic E-state index is 11.8. The summed E-state index contributed by atoms with van der Waals surface area (Å²) in [6, 6.07) is 5.56. The van der Waals surface area contributed by atoms with Crippen LogP contribution in [-0.2, 0) is 11.2 Å². The van der Waals surface area contributed by atoms with E-state index in [1.807, 2.05) is 19.1 Å². The fourth-order valence-corrected chi connectivity index (χ4v) is 2.30. The molecule has 0 spiro atoms. The second-order valence-electron chi connectivity index (χ2n) is 4.45.